The molecule has 7 aliphatic heterocycles. The zero-order valence-corrected chi connectivity index (χ0v) is 61.3. The van der Waals surface area contributed by atoms with E-state index in [4.69, 9.17) is 66.3 Å². The van der Waals surface area contributed by atoms with Crippen molar-refractivity contribution in [3.8, 4) is 0 Å². The van der Waals surface area contributed by atoms with Gasteiger partial charge in [0.15, 0.2) is 37.7 Å². The van der Waals surface area contributed by atoms with Gasteiger partial charge in [0.25, 0.3) is 0 Å². The van der Waals surface area contributed by atoms with Gasteiger partial charge in [-0.2, -0.15) is 0 Å². The van der Waals surface area contributed by atoms with Crippen LogP contribution in [0.1, 0.15) is 120 Å². The Labute approximate surface area is 618 Å². The first kappa shape index (κ1) is 84.3. The number of aliphatic hydroxyl groups is 21. The fourth-order valence-corrected chi connectivity index (χ4v) is 20.5. The van der Waals surface area contributed by atoms with Gasteiger partial charge in [-0.3, -0.25) is 4.79 Å². The van der Waals surface area contributed by atoms with E-state index in [1.807, 2.05) is 0 Å². The maximum atomic E-state index is 15.4. The Morgan fingerprint density at radius 2 is 0.935 bits per heavy atom. The average Bonchev–Trinajstić information content (AvgIpc) is 0.674. The van der Waals surface area contributed by atoms with Gasteiger partial charge in [-0.25, -0.2) is 0 Å². The van der Waals surface area contributed by atoms with Gasteiger partial charge in [-0.1, -0.05) is 60.1 Å². The molecule has 12 rings (SSSR count). The summed E-state index contributed by atoms with van der Waals surface area (Å²) in [6.07, 6.45) is -51.7. The molecule has 0 unspecified atom stereocenters. The highest BCUT2D eigenvalue weighted by molar-refractivity contribution is 5.79. The van der Waals surface area contributed by atoms with Crippen LogP contribution in [-0.2, 0) is 71.1 Å². The lowest BCUT2D eigenvalue weighted by Gasteiger charge is -2.71. The first-order chi connectivity index (χ1) is 50.3. The van der Waals surface area contributed by atoms with E-state index in [9.17, 15) is 107 Å². The van der Waals surface area contributed by atoms with Gasteiger partial charge in [0.1, 0.15) is 159 Å². The fourth-order valence-electron chi connectivity index (χ4n) is 20.5. The molecular weight excluding hydrogens is 1430 g/mol. The van der Waals surface area contributed by atoms with Crippen LogP contribution in [0.25, 0.3) is 0 Å². The van der Waals surface area contributed by atoms with Crippen molar-refractivity contribution >= 4 is 5.97 Å². The van der Waals surface area contributed by atoms with Crippen molar-refractivity contribution < 1.29 is 178 Å². The van der Waals surface area contributed by atoms with Crippen LogP contribution < -0.4 is 0 Å². The van der Waals surface area contributed by atoms with Gasteiger partial charge in [-0.15, -0.1) is 0 Å². The van der Waals surface area contributed by atoms with Crippen LogP contribution in [0.4, 0.5) is 0 Å². The Kier molecular flexibility index (Phi) is 25.3. The molecule has 36 nitrogen and oxygen atoms in total. The van der Waals surface area contributed by atoms with Crippen molar-refractivity contribution in [2.45, 2.75) is 335 Å². The van der Waals surface area contributed by atoms with Gasteiger partial charge >= 0.3 is 5.97 Å². The standard InChI is InChI=1S/C71H116O36/c1-26-38(77)43(82)48(87)60(96-26)104-55-33(23-75)100-58(51(90)47(55)86)95-25-34-41(80)45(84)50(89)62(101-34)107-65(93)71-17-15-66(2,3)19-28(71)27-9-10-36-68(6)13-12-37(67(4,5)35(68)11-14-70(36,8)69(27,7)16-18-71)102-59-52(91)54(29(76)24-94-59)103-63-53(92)56(42(81)32(22-74)98-63)105-64-57(46(85)40(79)31(21-73)99-64)106-61-49(88)44(83)39(78)30(20-72)97-61/h9,26,28-64,72-92H,10-25H2,1-8H3/t26-,28-,29-,30+,31+,32+,33+,34+,35-,36+,37-,38-,39+,40+,41+,42+,43+,44-,45-,46-,47-,48+,49+,50+,51+,52+,53+,54-,55+,56-,57+,58+,59-,60-,61-,62-,63-,64-,68-,69+,70+,71-/m0/s1. The average molecular weight is 1550 g/mol. The van der Waals surface area contributed by atoms with Gasteiger partial charge in [0.05, 0.1) is 57.3 Å². The number of ether oxygens (including phenoxy) is 14. The van der Waals surface area contributed by atoms with Gasteiger partial charge < -0.3 is 174 Å². The van der Waals surface area contributed by atoms with Crippen LogP contribution in [0.2, 0.25) is 0 Å². The Morgan fingerprint density at radius 1 is 0.439 bits per heavy atom. The molecule has 0 aromatic rings. The number of esters is 1. The number of allylic oxidation sites excluding steroid dienone is 2. The molecule has 0 aromatic heterocycles. The number of carbonyl (C=O) groups excluding carboxylic acids is 1. The molecule has 107 heavy (non-hydrogen) atoms. The fraction of sp³-hybridized carbons (Fsp3) is 0.958. The van der Waals surface area contributed by atoms with E-state index in [-0.39, 0.29) is 34.0 Å². The first-order valence-corrected chi connectivity index (χ1v) is 37.6. The summed E-state index contributed by atoms with van der Waals surface area (Å²) in [6, 6.07) is 0. The zero-order chi connectivity index (χ0) is 78.0. The highest BCUT2D eigenvalue weighted by atomic mass is 16.8. The van der Waals surface area contributed by atoms with Crippen molar-refractivity contribution in [2.24, 2.45) is 50.2 Å². The Morgan fingerprint density at radius 3 is 1.58 bits per heavy atom. The second-order valence-electron chi connectivity index (χ2n) is 34.3. The molecule has 5 aliphatic carbocycles. The van der Waals surface area contributed by atoms with Crippen molar-refractivity contribution in [1.82, 2.24) is 0 Å². The van der Waals surface area contributed by atoms with E-state index in [1.54, 1.807) is 0 Å². The number of fused-ring (bicyclic) bond motifs is 7. The summed E-state index contributed by atoms with van der Waals surface area (Å²) in [5, 5.41) is 229. The molecule has 12 aliphatic rings. The van der Waals surface area contributed by atoms with Crippen LogP contribution in [0.3, 0.4) is 0 Å². The molecule has 21 N–H and O–H groups in total. The number of aliphatic hydroxyl groups excluding tert-OH is 21. The van der Waals surface area contributed by atoms with E-state index in [1.165, 1.54) is 6.92 Å². The van der Waals surface area contributed by atoms with Crippen LogP contribution in [-0.4, -0.2) is 368 Å². The summed E-state index contributed by atoms with van der Waals surface area (Å²) < 4.78 is 82.9. The third kappa shape index (κ3) is 14.9. The molecule has 36 heteroatoms. The predicted molar refractivity (Wildman–Crippen MR) is 353 cm³/mol. The summed E-state index contributed by atoms with van der Waals surface area (Å²) in [5.41, 5.74) is -1.76. The lowest BCUT2D eigenvalue weighted by molar-refractivity contribution is -0.395. The molecule has 7 saturated heterocycles. The van der Waals surface area contributed by atoms with Crippen LogP contribution in [0.15, 0.2) is 11.6 Å². The number of hydrogen-bond donors (Lipinski definition) is 21. The lowest BCUT2D eigenvalue weighted by atomic mass is 9.33. The zero-order valence-electron chi connectivity index (χ0n) is 61.3. The van der Waals surface area contributed by atoms with E-state index in [0.717, 1.165) is 18.4 Å². The quantitative estimate of drug-likeness (QED) is 0.0325. The second kappa shape index (κ2) is 32.1. The smallest absolute Gasteiger partial charge is 0.315 e. The van der Waals surface area contributed by atoms with Crippen LogP contribution >= 0.6 is 0 Å². The van der Waals surface area contributed by atoms with Crippen molar-refractivity contribution in [3.05, 3.63) is 11.6 Å². The number of rotatable bonds is 19. The maximum absolute atomic E-state index is 15.4. The molecule has 11 fully saturated rings. The van der Waals surface area contributed by atoms with Gasteiger partial charge in [0.2, 0.25) is 6.29 Å². The Bertz CT molecular complexity index is 3030. The van der Waals surface area contributed by atoms with Crippen molar-refractivity contribution in [1.29, 1.82) is 0 Å². The largest absolute Gasteiger partial charge is 0.432 e. The molecule has 0 bridgehead atoms. The summed E-state index contributed by atoms with van der Waals surface area (Å²) in [7, 11) is 0. The van der Waals surface area contributed by atoms with E-state index in [2.05, 4.69) is 54.5 Å². The number of hydrogen-bond acceptors (Lipinski definition) is 36. The summed E-state index contributed by atoms with van der Waals surface area (Å²) in [5.74, 6) is -0.793. The minimum absolute atomic E-state index is 0.0449. The predicted octanol–water partition coefficient (Wildman–Crippen LogP) is -6.90. The van der Waals surface area contributed by atoms with E-state index < -0.39 is 277 Å². The summed E-state index contributed by atoms with van der Waals surface area (Å²) in [4.78, 5) is 15.4. The van der Waals surface area contributed by atoms with Gasteiger partial charge in [0, 0.05) is 0 Å². The summed E-state index contributed by atoms with van der Waals surface area (Å²) in [6.45, 7) is 12.4. The van der Waals surface area contributed by atoms with Crippen LogP contribution in [0.5, 0.6) is 0 Å². The van der Waals surface area contributed by atoms with Crippen molar-refractivity contribution in [2.75, 3.05) is 39.6 Å². The van der Waals surface area contributed by atoms with Crippen LogP contribution in [0, 0.1) is 50.2 Å². The molecule has 0 radical (unpaired) electrons. The second-order valence-corrected chi connectivity index (χ2v) is 34.3. The summed E-state index contributed by atoms with van der Waals surface area (Å²) >= 11 is 0. The molecule has 42 atom stereocenters. The number of carbonyl (C=O) groups is 1. The monoisotopic (exact) mass is 1540 g/mol. The third-order valence-corrected chi connectivity index (χ3v) is 27.3. The molecule has 0 aromatic carbocycles. The molecule has 616 valence electrons. The SMILES string of the molecule is C[C@@H]1O[C@@H](O[C@H]2[C@@H](O)[C@@H](O)[C@H](OC[C@H]3O[C@@H](OC(=O)[C@]45CCC(C)(C)C[C@H]4C4=CC[C@@H]6[C@@]7(C)CC[C@H](O[C@@H]8OC[C@H](O)[C@H](O[C@@H]9O[C@H](CO)[C@@H](O)[C@H](O[C@@H]%10O[C@H](CO)[C@@H](O)[C@H](O)[C@H]%10O[C@@H]%10O[C@H](CO)[C@@H](O)[C@H](O)[C@H]%10O)[C@H]9O)[C@H]8O)C(C)(C)[C@@H]7CC[C@@]6(C)[C@]4(C)CC5)[C@H](O)[C@@H](O)[C@@H]3O)O[C@@H]2CO)[C@H](O)[C@H](O)[C@H]1O. The molecule has 4 saturated carbocycles. The van der Waals surface area contributed by atoms with E-state index >= 15 is 4.79 Å². The minimum Gasteiger partial charge on any atom is -0.432 e. The molecular formula is C71H116O36. The Hall–Kier alpha value is -2.15. The molecule has 7 heterocycles. The molecule has 0 spiro atoms. The topological polar surface area (TPSA) is 571 Å². The molecule has 0 amide bonds. The van der Waals surface area contributed by atoms with E-state index in [0.29, 0.717) is 51.4 Å². The maximum Gasteiger partial charge on any atom is 0.315 e. The van der Waals surface area contributed by atoms with Gasteiger partial charge in [-0.05, 0) is 116 Å². The Balaban J connectivity index is 0.701. The first-order valence-electron chi connectivity index (χ1n) is 37.6. The highest BCUT2D eigenvalue weighted by Gasteiger charge is 2.71. The highest BCUT2D eigenvalue weighted by Crippen LogP contribution is 2.76. The lowest BCUT2D eigenvalue weighted by Crippen LogP contribution is -2.67. The third-order valence-electron chi connectivity index (χ3n) is 27.3. The normalized spacial score (nSPS) is 54.2. The minimum atomic E-state index is -2.08. The van der Waals surface area contributed by atoms with Crippen molar-refractivity contribution in [3.63, 3.8) is 0 Å².